The van der Waals surface area contributed by atoms with Crippen molar-refractivity contribution in [2.24, 2.45) is 5.73 Å². The average molecular weight is 194 g/mol. The lowest BCUT2D eigenvalue weighted by molar-refractivity contribution is -0.0234. The molecule has 0 unspecified atom stereocenters. The molecule has 0 amide bonds. The van der Waals surface area contributed by atoms with E-state index in [2.05, 4.69) is 6.58 Å². The zero-order chi connectivity index (χ0) is 10.3. The van der Waals surface area contributed by atoms with Gasteiger partial charge in [-0.05, 0) is 0 Å². The molecular formula is C8H16F2N2O. The second-order valence-electron chi connectivity index (χ2n) is 2.81. The van der Waals surface area contributed by atoms with E-state index < -0.39 is 19.0 Å². The molecule has 0 aromatic carbocycles. The van der Waals surface area contributed by atoms with Crippen LogP contribution in [0.2, 0.25) is 0 Å². The number of hydrogen-bond donors (Lipinski definition) is 2. The van der Waals surface area contributed by atoms with E-state index in [-0.39, 0.29) is 13.2 Å². The lowest BCUT2D eigenvalue weighted by Crippen LogP contribution is -2.42. The molecule has 0 aliphatic rings. The van der Waals surface area contributed by atoms with E-state index in [4.69, 9.17) is 10.8 Å². The summed E-state index contributed by atoms with van der Waals surface area (Å²) in [6.45, 7) is 2.73. The molecule has 0 aliphatic carbocycles. The summed E-state index contributed by atoms with van der Waals surface area (Å²) >= 11 is 0. The maximum absolute atomic E-state index is 12.8. The molecule has 0 saturated carbocycles. The van der Waals surface area contributed by atoms with Gasteiger partial charge in [-0.1, -0.05) is 6.08 Å². The first-order valence-electron chi connectivity index (χ1n) is 4.07. The average Bonchev–Trinajstić information content (AvgIpc) is 2.05. The summed E-state index contributed by atoms with van der Waals surface area (Å²) in [5.41, 5.74) is 4.88. The number of nitrogens with zero attached hydrogens (tertiary/aromatic N) is 1. The Morgan fingerprint density at radius 1 is 1.54 bits per heavy atom. The van der Waals surface area contributed by atoms with E-state index in [1.807, 2.05) is 0 Å². The smallest absolute Gasteiger partial charge is 0.272 e. The van der Waals surface area contributed by atoms with E-state index in [0.29, 0.717) is 6.54 Å². The van der Waals surface area contributed by atoms with Crippen LogP contribution >= 0.6 is 0 Å². The van der Waals surface area contributed by atoms with Gasteiger partial charge in [-0.3, -0.25) is 4.90 Å². The van der Waals surface area contributed by atoms with Crippen LogP contribution in [0.5, 0.6) is 0 Å². The first-order valence-corrected chi connectivity index (χ1v) is 4.07. The van der Waals surface area contributed by atoms with Crippen molar-refractivity contribution in [3.05, 3.63) is 12.7 Å². The first-order chi connectivity index (χ1) is 6.05. The molecule has 0 radical (unpaired) electrons. The maximum atomic E-state index is 12.8. The highest BCUT2D eigenvalue weighted by atomic mass is 19.3. The minimum absolute atomic E-state index is 0.144. The highest BCUT2D eigenvalue weighted by molar-refractivity contribution is 4.79. The fourth-order valence-corrected chi connectivity index (χ4v) is 0.951. The number of aliphatic hydroxyl groups is 1. The van der Waals surface area contributed by atoms with Gasteiger partial charge in [-0.15, -0.1) is 6.58 Å². The minimum atomic E-state index is -2.89. The standard InChI is InChI=1S/C8H16F2N2O/c1-2-3-12(4-5-13)7-8(9,10)6-11/h2,13H,1,3-7,11H2. The number of alkyl halides is 2. The second kappa shape index (κ2) is 6.01. The van der Waals surface area contributed by atoms with Crippen LogP contribution in [0.3, 0.4) is 0 Å². The van der Waals surface area contributed by atoms with Gasteiger partial charge in [0.05, 0.1) is 19.7 Å². The van der Waals surface area contributed by atoms with E-state index in [0.717, 1.165) is 0 Å². The van der Waals surface area contributed by atoms with Crippen LogP contribution in [0.25, 0.3) is 0 Å². The van der Waals surface area contributed by atoms with Crippen LogP contribution in [0.1, 0.15) is 0 Å². The number of halogens is 2. The Morgan fingerprint density at radius 3 is 2.54 bits per heavy atom. The normalized spacial score (nSPS) is 12.1. The summed E-state index contributed by atoms with van der Waals surface area (Å²) in [5, 5.41) is 8.58. The Balaban J connectivity index is 3.99. The van der Waals surface area contributed by atoms with Crippen LogP contribution in [-0.2, 0) is 0 Å². The van der Waals surface area contributed by atoms with Crippen molar-refractivity contribution in [1.29, 1.82) is 0 Å². The molecule has 5 heteroatoms. The molecule has 0 saturated heterocycles. The summed E-state index contributed by atoms with van der Waals surface area (Å²) in [7, 11) is 0. The fraction of sp³-hybridized carbons (Fsp3) is 0.750. The van der Waals surface area contributed by atoms with Crippen molar-refractivity contribution in [3.63, 3.8) is 0 Å². The molecule has 0 heterocycles. The summed E-state index contributed by atoms with van der Waals surface area (Å²) in [5.74, 6) is -2.89. The van der Waals surface area contributed by atoms with E-state index in [9.17, 15) is 8.78 Å². The SMILES string of the molecule is C=CCN(CCO)CC(F)(F)CN. The van der Waals surface area contributed by atoms with Crippen molar-refractivity contribution in [2.75, 3.05) is 32.8 Å². The van der Waals surface area contributed by atoms with Crippen LogP contribution in [-0.4, -0.2) is 48.7 Å². The molecule has 78 valence electrons. The van der Waals surface area contributed by atoms with Gasteiger partial charge in [0.2, 0.25) is 0 Å². The van der Waals surface area contributed by atoms with Crippen molar-refractivity contribution in [3.8, 4) is 0 Å². The second-order valence-corrected chi connectivity index (χ2v) is 2.81. The maximum Gasteiger partial charge on any atom is 0.272 e. The number of aliphatic hydroxyl groups excluding tert-OH is 1. The van der Waals surface area contributed by atoms with Gasteiger partial charge in [0, 0.05) is 13.1 Å². The van der Waals surface area contributed by atoms with E-state index >= 15 is 0 Å². The molecule has 0 aliphatic heterocycles. The molecule has 3 N–H and O–H groups in total. The third kappa shape index (κ3) is 5.68. The van der Waals surface area contributed by atoms with Gasteiger partial charge in [0.1, 0.15) is 0 Å². The molecule has 0 aromatic heterocycles. The van der Waals surface area contributed by atoms with E-state index in [1.165, 1.54) is 11.0 Å². The van der Waals surface area contributed by atoms with Crippen LogP contribution in [0.15, 0.2) is 12.7 Å². The van der Waals surface area contributed by atoms with Gasteiger partial charge in [0.15, 0.2) is 0 Å². The molecular weight excluding hydrogens is 178 g/mol. The Kier molecular flexibility index (Phi) is 5.77. The number of hydrogen-bond acceptors (Lipinski definition) is 3. The van der Waals surface area contributed by atoms with Crippen LogP contribution in [0.4, 0.5) is 8.78 Å². The van der Waals surface area contributed by atoms with Crippen molar-refractivity contribution >= 4 is 0 Å². The van der Waals surface area contributed by atoms with Gasteiger partial charge >= 0.3 is 0 Å². The molecule has 3 nitrogen and oxygen atoms in total. The summed E-state index contributed by atoms with van der Waals surface area (Å²) in [6.07, 6.45) is 1.52. The van der Waals surface area contributed by atoms with E-state index in [1.54, 1.807) is 0 Å². The Bertz CT molecular complexity index is 153. The Labute approximate surface area is 76.8 Å². The van der Waals surface area contributed by atoms with Crippen molar-refractivity contribution in [1.82, 2.24) is 4.90 Å². The summed E-state index contributed by atoms with van der Waals surface area (Å²) in [4.78, 5) is 1.40. The zero-order valence-corrected chi connectivity index (χ0v) is 7.55. The first kappa shape index (κ1) is 12.5. The molecule has 0 bridgehead atoms. The molecule has 0 spiro atoms. The van der Waals surface area contributed by atoms with Gasteiger partial charge in [0.25, 0.3) is 5.92 Å². The minimum Gasteiger partial charge on any atom is -0.395 e. The topological polar surface area (TPSA) is 49.5 Å². The van der Waals surface area contributed by atoms with Gasteiger partial charge in [-0.25, -0.2) is 8.78 Å². The molecule has 0 fully saturated rings. The third-order valence-electron chi connectivity index (χ3n) is 1.56. The predicted octanol–water partition coefficient (Wildman–Crippen LogP) is 0.0607. The van der Waals surface area contributed by atoms with Crippen molar-refractivity contribution in [2.45, 2.75) is 5.92 Å². The predicted molar refractivity (Wildman–Crippen MR) is 47.7 cm³/mol. The lowest BCUT2D eigenvalue weighted by atomic mass is 10.3. The zero-order valence-electron chi connectivity index (χ0n) is 7.55. The highest BCUT2D eigenvalue weighted by Gasteiger charge is 2.29. The van der Waals surface area contributed by atoms with Crippen LogP contribution < -0.4 is 5.73 Å². The van der Waals surface area contributed by atoms with Crippen molar-refractivity contribution < 1.29 is 13.9 Å². The Hall–Kier alpha value is -0.520. The quantitative estimate of drug-likeness (QED) is 0.563. The highest BCUT2D eigenvalue weighted by Crippen LogP contribution is 2.12. The molecule has 13 heavy (non-hydrogen) atoms. The Morgan fingerprint density at radius 2 is 2.15 bits per heavy atom. The number of nitrogens with two attached hydrogens (primary N) is 1. The number of rotatable bonds is 7. The lowest BCUT2D eigenvalue weighted by Gasteiger charge is -2.24. The monoisotopic (exact) mass is 194 g/mol. The largest absolute Gasteiger partial charge is 0.395 e. The molecule has 0 atom stereocenters. The summed E-state index contributed by atoms with van der Waals surface area (Å²) in [6, 6.07) is 0. The van der Waals surface area contributed by atoms with Gasteiger partial charge in [-0.2, -0.15) is 0 Å². The summed E-state index contributed by atoms with van der Waals surface area (Å²) < 4.78 is 25.5. The van der Waals surface area contributed by atoms with Gasteiger partial charge < -0.3 is 10.8 Å². The van der Waals surface area contributed by atoms with Crippen LogP contribution in [0, 0.1) is 0 Å². The third-order valence-corrected chi connectivity index (χ3v) is 1.56. The molecule has 0 rings (SSSR count). The fourth-order valence-electron chi connectivity index (χ4n) is 0.951. The molecule has 0 aromatic rings.